The van der Waals surface area contributed by atoms with Crippen molar-refractivity contribution in [3.05, 3.63) is 24.3 Å². The molecule has 116 valence electrons. The molecular weight excluding hydrogens is 244 g/mol. The van der Waals surface area contributed by atoms with Gasteiger partial charge in [-0.15, -0.1) is 0 Å². The fourth-order valence-corrected chi connectivity index (χ4v) is 3.03. The lowest BCUT2D eigenvalue weighted by atomic mass is 9.88. The summed E-state index contributed by atoms with van der Waals surface area (Å²) < 4.78 is 6.16. The molecule has 1 aliphatic heterocycles. The number of hydrogen-bond donors (Lipinski definition) is 0. The second-order valence-corrected chi connectivity index (χ2v) is 6.92. The van der Waals surface area contributed by atoms with Crippen LogP contribution in [0.25, 0.3) is 0 Å². The molecule has 0 amide bonds. The second kappa shape index (κ2) is 8.67. The van der Waals surface area contributed by atoms with Crippen LogP contribution in [-0.2, 0) is 4.74 Å². The molecule has 0 spiro atoms. The van der Waals surface area contributed by atoms with Crippen LogP contribution in [0.3, 0.4) is 0 Å². The summed E-state index contributed by atoms with van der Waals surface area (Å²) in [5.74, 6) is 1.38. The molecule has 1 nitrogen and oxygen atoms in total. The fourth-order valence-electron chi connectivity index (χ4n) is 3.03. The fraction of sp³-hybridized carbons (Fsp3) is 0.789. The van der Waals surface area contributed by atoms with E-state index in [1.807, 2.05) is 0 Å². The van der Waals surface area contributed by atoms with Crippen LogP contribution in [0.4, 0.5) is 0 Å². The Kier molecular flexibility index (Phi) is 7.58. The predicted molar refractivity (Wildman–Crippen MR) is 88.9 cm³/mol. The molecule has 0 aliphatic carbocycles. The van der Waals surface area contributed by atoms with Crippen molar-refractivity contribution in [2.24, 2.45) is 11.8 Å². The quantitative estimate of drug-likeness (QED) is 0.476. The zero-order valence-corrected chi connectivity index (χ0v) is 14.1. The maximum Gasteiger partial charge on any atom is 0.0787 e. The van der Waals surface area contributed by atoms with Crippen molar-refractivity contribution in [2.45, 2.75) is 84.8 Å². The zero-order chi connectivity index (χ0) is 15.1. The Hall–Kier alpha value is -0.560. The van der Waals surface area contributed by atoms with E-state index < -0.39 is 0 Å². The monoisotopic (exact) mass is 278 g/mol. The van der Waals surface area contributed by atoms with Crippen LogP contribution in [0.1, 0.15) is 72.6 Å². The molecule has 0 unspecified atom stereocenters. The molecule has 0 bridgehead atoms. The molecule has 1 heteroatoms. The molecule has 1 fully saturated rings. The molecule has 0 saturated carbocycles. The topological polar surface area (TPSA) is 9.23 Å². The molecule has 1 rings (SSSR count). The van der Waals surface area contributed by atoms with E-state index in [9.17, 15) is 0 Å². The van der Waals surface area contributed by atoms with Gasteiger partial charge in [0.2, 0.25) is 0 Å². The van der Waals surface area contributed by atoms with Crippen LogP contribution in [-0.4, -0.2) is 12.2 Å². The summed E-state index contributed by atoms with van der Waals surface area (Å²) in [7, 11) is 0. The average molecular weight is 278 g/mol. The Morgan fingerprint density at radius 2 is 2.05 bits per heavy atom. The van der Waals surface area contributed by atoms with Crippen molar-refractivity contribution in [2.75, 3.05) is 0 Å². The van der Waals surface area contributed by atoms with Gasteiger partial charge in [-0.05, 0) is 56.4 Å². The van der Waals surface area contributed by atoms with Gasteiger partial charge in [-0.25, -0.2) is 0 Å². The molecule has 4 atom stereocenters. The van der Waals surface area contributed by atoms with Crippen LogP contribution >= 0.6 is 0 Å². The van der Waals surface area contributed by atoms with Gasteiger partial charge in [0.15, 0.2) is 0 Å². The highest BCUT2D eigenvalue weighted by atomic mass is 16.5. The number of ether oxygens (including phenoxy) is 1. The Labute approximate surface area is 126 Å². The molecular formula is C19H34O. The minimum atomic E-state index is 0.319. The van der Waals surface area contributed by atoms with Crippen molar-refractivity contribution in [3.8, 4) is 0 Å². The van der Waals surface area contributed by atoms with E-state index in [1.54, 1.807) is 0 Å². The predicted octanol–water partition coefficient (Wildman–Crippen LogP) is 5.91. The zero-order valence-electron chi connectivity index (χ0n) is 14.1. The van der Waals surface area contributed by atoms with E-state index in [4.69, 9.17) is 4.74 Å². The Morgan fingerprint density at radius 3 is 2.65 bits per heavy atom. The molecule has 0 N–H and O–H groups in total. The number of hydrogen-bond acceptors (Lipinski definition) is 1. The van der Waals surface area contributed by atoms with Crippen LogP contribution < -0.4 is 0 Å². The summed E-state index contributed by atoms with van der Waals surface area (Å²) in [6.07, 6.45) is 9.21. The highest BCUT2D eigenvalue weighted by Gasteiger charge is 2.28. The third-order valence-electron chi connectivity index (χ3n) is 4.70. The molecule has 0 radical (unpaired) electrons. The lowest BCUT2D eigenvalue weighted by Crippen LogP contribution is -2.13. The lowest BCUT2D eigenvalue weighted by molar-refractivity contribution is 0.0389. The van der Waals surface area contributed by atoms with Gasteiger partial charge in [0, 0.05) is 0 Å². The first-order chi connectivity index (χ1) is 9.43. The molecule has 1 saturated heterocycles. The van der Waals surface area contributed by atoms with Crippen molar-refractivity contribution < 1.29 is 4.74 Å². The van der Waals surface area contributed by atoms with Gasteiger partial charge < -0.3 is 4.74 Å². The molecule has 0 aromatic rings. The highest BCUT2D eigenvalue weighted by Crippen LogP contribution is 2.32. The number of unbranched alkanes of at least 4 members (excludes halogenated alkanes) is 1. The van der Waals surface area contributed by atoms with Crippen molar-refractivity contribution in [1.29, 1.82) is 0 Å². The van der Waals surface area contributed by atoms with E-state index in [0.29, 0.717) is 18.1 Å². The standard InChI is InChI=1S/C19H34O/c1-7-8-9-18-13-17(6)19(20-18)11-10-15(4)12-16(5)14(2)3/h15-16,18-19H,2,6-13H2,1,3-5H3/t15-,16-,18+,19+/m1/s1. The average Bonchev–Trinajstić information content (AvgIpc) is 2.74. The van der Waals surface area contributed by atoms with Crippen LogP contribution in [0, 0.1) is 11.8 Å². The van der Waals surface area contributed by atoms with Crippen LogP contribution in [0.5, 0.6) is 0 Å². The molecule has 1 aliphatic rings. The van der Waals surface area contributed by atoms with Gasteiger partial charge in [0.1, 0.15) is 0 Å². The Bertz CT molecular complexity index is 318. The summed E-state index contributed by atoms with van der Waals surface area (Å²) in [5, 5.41) is 0. The van der Waals surface area contributed by atoms with E-state index in [0.717, 1.165) is 18.8 Å². The van der Waals surface area contributed by atoms with Gasteiger partial charge in [0.25, 0.3) is 0 Å². The molecule has 20 heavy (non-hydrogen) atoms. The van der Waals surface area contributed by atoms with Crippen molar-refractivity contribution >= 4 is 0 Å². The Balaban J connectivity index is 2.27. The van der Waals surface area contributed by atoms with Crippen molar-refractivity contribution in [3.63, 3.8) is 0 Å². The van der Waals surface area contributed by atoms with Gasteiger partial charge in [0.05, 0.1) is 12.2 Å². The largest absolute Gasteiger partial charge is 0.370 e. The lowest BCUT2D eigenvalue weighted by Gasteiger charge is -2.20. The van der Waals surface area contributed by atoms with Gasteiger partial charge in [-0.2, -0.15) is 0 Å². The summed E-state index contributed by atoms with van der Waals surface area (Å²) >= 11 is 0. The summed E-state index contributed by atoms with van der Waals surface area (Å²) in [5.41, 5.74) is 2.63. The first kappa shape index (κ1) is 17.5. The normalized spacial score (nSPS) is 25.7. The maximum atomic E-state index is 6.16. The first-order valence-electron chi connectivity index (χ1n) is 8.42. The Morgan fingerprint density at radius 1 is 1.35 bits per heavy atom. The van der Waals surface area contributed by atoms with Crippen LogP contribution in [0.15, 0.2) is 24.3 Å². The van der Waals surface area contributed by atoms with Crippen molar-refractivity contribution in [1.82, 2.24) is 0 Å². The maximum absolute atomic E-state index is 6.16. The minimum absolute atomic E-state index is 0.319. The SMILES string of the molecule is C=C(C)[C@H](C)C[C@H](C)CC[C@@H]1O[C@@H](CCCC)CC1=C. The highest BCUT2D eigenvalue weighted by molar-refractivity contribution is 5.09. The van der Waals surface area contributed by atoms with Gasteiger partial charge >= 0.3 is 0 Å². The van der Waals surface area contributed by atoms with E-state index in [-0.39, 0.29) is 0 Å². The van der Waals surface area contributed by atoms with E-state index in [1.165, 1.54) is 43.3 Å². The van der Waals surface area contributed by atoms with Crippen LogP contribution in [0.2, 0.25) is 0 Å². The summed E-state index contributed by atoms with van der Waals surface area (Å²) in [6, 6.07) is 0. The summed E-state index contributed by atoms with van der Waals surface area (Å²) in [4.78, 5) is 0. The van der Waals surface area contributed by atoms with Gasteiger partial charge in [-0.1, -0.05) is 52.3 Å². The molecule has 0 aromatic carbocycles. The number of rotatable bonds is 9. The summed E-state index contributed by atoms with van der Waals surface area (Å²) in [6.45, 7) is 17.3. The smallest absolute Gasteiger partial charge is 0.0787 e. The molecule has 0 aromatic heterocycles. The van der Waals surface area contributed by atoms with Gasteiger partial charge in [-0.3, -0.25) is 0 Å². The van der Waals surface area contributed by atoms with E-state index in [2.05, 4.69) is 40.9 Å². The second-order valence-electron chi connectivity index (χ2n) is 6.92. The minimum Gasteiger partial charge on any atom is -0.370 e. The first-order valence-corrected chi connectivity index (χ1v) is 8.42. The third-order valence-corrected chi connectivity index (χ3v) is 4.70. The number of allylic oxidation sites excluding steroid dienone is 1. The third kappa shape index (κ3) is 5.83. The molecule has 1 heterocycles. The van der Waals surface area contributed by atoms with E-state index >= 15 is 0 Å².